The van der Waals surface area contributed by atoms with Gasteiger partial charge in [-0.1, -0.05) is 23.8 Å². The third kappa shape index (κ3) is 4.40. The second kappa shape index (κ2) is 7.73. The van der Waals surface area contributed by atoms with E-state index in [1.54, 1.807) is 7.11 Å². The summed E-state index contributed by atoms with van der Waals surface area (Å²) in [6.07, 6.45) is 8.36. The Morgan fingerprint density at radius 2 is 2.33 bits per heavy atom. The van der Waals surface area contributed by atoms with Crippen molar-refractivity contribution in [3.8, 4) is 0 Å². The molecule has 0 bridgehead atoms. The highest BCUT2D eigenvalue weighted by Crippen LogP contribution is 2.48. The minimum absolute atomic E-state index is 0.139. The monoisotopic (exact) mass is 296 g/mol. The highest BCUT2D eigenvalue weighted by molar-refractivity contribution is 5.67. The van der Waals surface area contributed by atoms with Gasteiger partial charge in [-0.2, -0.15) is 0 Å². The van der Waals surface area contributed by atoms with Gasteiger partial charge in [-0.25, -0.2) is 0 Å². The Hall–Kier alpha value is -1.17. The molecule has 2 N–H and O–H groups in total. The number of rotatable bonds is 8. The molecule has 21 heavy (non-hydrogen) atoms. The topological polar surface area (TPSA) is 76.0 Å². The van der Waals surface area contributed by atoms with Gasteiger partial charge in [0, 0.05) is 19.4 Å². The van der Waals surface area contributed by atoms with Gasteiger partial charge in [0.15, 0.2) is 0 Å². The van der Waals surface area contributed by atoms with Crippen LogP contribution in [0.15, 0.2) is 23.8 Å². The van der Waals surface area contributed by atoms with Gasteiger partial charge in [0.1, 0.15) is 6.79 Å². The second-order valence-corrected chi connectivity index (χ2v) is 5.84. The van der Waals surface area contributed by atoms with Gasteiger partial charge in [-0.3, -0.25) is 4.79 Å². The van der Waals surface area contributed by atoms with E-state index in [1.165, 1.54) is 5.57 Å². The van der Waals surface area contributed by atoms with Crippen LogP contribution in [-0.4, -0.2) is 42.8 Å². The van der Waals surface area contributed by atoms with Crippen molar-refractivity contribution in [2.45, 2.75) is 31.8 Å². The summed E-state index contributed by atoms with van der Waals surface area (Å²) in [4.78, 5) is 10.6. The Labute approximate surface area is 125 Å². The Morgan fingerprint density at radius 1 is 1.52 bits per heavy atom. The maximum Gasteiger partial charge on any atom is 0.303 e. The first kappa shape index (κ1) is 16.2. The van der Waals surface area contributed by atoms with E-state index in [9.17, 15) is 9.90 Å². The standard InChI is InChI=1S/C16H24O5/c1-20-10-21-6-2-3-13-14-8-11(4-5-16(18)19)7-12(14)9-15(13)17/h2-3,7,12-15,17H,4-6,8-10H2,1H3,(H,18,19)/b3-2+/t12-,13+,14-,15+/m0/s1. The summed E-state index contributed by atoms with van der Waals surface area (Å²) in [5.41, 5.74) is 1.23. The Balaban J connectivity index is 1.84. The van der Waals surface area contributed by atoms with Gasteiger partial charge in [0.25, 0.3) is 0 Å². The molecule has 4 atom stereocenters. The molecular weight excluding hydrogens is 272 g/mol. The summed E-state index contributed by atoms with van der Waals surface area (Å²) >= 11 is 0. The zero-order chi connectivity index (χ0) is 15.2. The van der Waals surface area contributed by atoms with Crippen LogP contribution in [0.25, 0.3) is 0 Å². The van der Waals surface area contributed by atoms with E-state index in [-0.39, 0.29) is 25.2 Å². The molecule has 0 heterocycles. The van der Waals surface area contributed by atoms with E-state index in [1.807, 2.05) is 12.2 Å². The van der Waals surface area contributed by atoms with Crippen LogP contribution in [-0.2, 0) is 14.3 Å². The van der Waals surface area contributed by atoms with Crippen LogP contribution < -0.4 is 0 Å². The second-order valence-electron chi connectivity index (χ2n) is 5.84. The Kier molecular flexibility index (Phi) is 5.96. The van der Waals surface area contributed by atoms with Crippen molar-refractivity contribution in [3.63, 3.8) is 0 Å². The molecule has 118 valence electrons. The van der Waals surface area contributed by atoms with Crippen molar-refractivity contribution in [3.05, 3.63) is 23.8 Å². The molecule has 0 radical (unpaired) electrons. The van der Waals surface area contributed by atoms with E-state index in [0.29, 0.717) is 24.9 Å². The summed E-state index contributed by atoms with van der Waals surface area (Å²) in [6, 6.07) is 0. The van der Waals surface area contributed by atoms with E-state index in [0.717, 1.165) is 12.8 Å². The third-order valence-corrected chi connectivity index (χ3v) is 4.38. The molecule has 0 aliphatic heterocycles. The summed E-state index contributed by atoms with van der Waals surface area (Å²) in [5, 5.41) is 18.9. The van der Waals surface area contributed by atoms with Gasteiger partial charge in [0.2, 0.25) is 0 Å². The largest absolute Gasteiger partial charge is 0.481 e. The average molecular weight is 296 g/mol. The van der Waals surface area contributed by atoms with Crippen LogP contribution in [0.5, 0.6) is 0 Å². The molecule has 1 saturated carbocycles. The number of hydrogen-bond donors (Lipinski definition) is 2. The lowest BCUT2D eigenvalue weighted by atomic mass is 9.89. The Bertz CT molecular complexity index is 415. The maximum atomic E-state index is 10.6. The summed E-state index contributed by atoms with van der Waals surface area (Å²) in [7, 11) is 1.58. The number of aliphatic hydroxyl groups is 1. The van der Waals surface area contributed by atoms with E-state index in [2.05, 4.69) is 6.08 Å². The fourth-order valence-electron chi connectivity index (χ4n) is 3.47. The highest BCUT2D eigenvalue weighted by atomic mass is 16.7. The molecule has 5 nitrogen and oxygen atoms in total. The number of fused-ring (bicyclic) bond motifs is 1. The first-order chi connectivity index (χ1) is 10.1. The van der Waals surface area contributed by atoms with Crippen LogP contribution in [0.4, 0.5) is 0 Å². The van der Waals surface area contributed by atoms with E-state index in [4.69, 9.17) is 14.6 Å². The fraction of sp³-hybridized carbons (Fsp3) is 0.688. The summed E-state index contributed by atoms with van der Waals surface area (Å²) in [6.45, 7) is 0.748. The minimum atomic E-state index is -0.750. The van der Waals surface area contributed by atoms with Gasteiger partial charge >= 0.3 is 5.97 Å². The minimum Gasteiger partial charge on any atom is -0.481 e. The maximum absolute atomic E-state index is 10.6. The molecule has 2 aliphatic rings. The lowest BCUT2D eigenvalue weighted by molar-refractivity contribution is -0.136. The molecule has 0 aromatic heterocycles. The van der Waals surface area contributed by atoms with Crippen LogP contribution in [0.3, 0.4) is 0 Å². The van der Waals surface area contributed by atoms with Crippen LogP contribution in [0, 0.1) is 17.8 Å². The smallest absolute Gasteiger partial charge is 0.303 e. The lowest BCUT2D eigenvalue weighted by Crippen LogP contribution is -2.17. The molecule has 0 unspecified atom stereocenters. The van der Waals surface area contributed by atoms with Crippen molar-refractivity contribution < 1.29 is 24.5 Å². The van der Waals surface area contributed by atoms with E-state index >= 15 is 0 Å². The Morgan fingerprint density at radius 3 is 3.05 bits per heavy atom. The zero-order valence-electron chi connectivity index (χ0n) is 12.4. The quantitative estimate of drug-likeness (QED) is 0.407. The van der Waals surface area contributed by atoms with Crippen molar-refractivity contribution in [2.75, 3.05) is 20.5 Å². The SMILES string of the molecule is COCOC/C=C/[C@@H]1[C@H]2CC(CCC(=O)O)=C[C@H]2C[C@H]1O. The first-order valence-electron chi connectivity index (χ1n) is 7.44. The van der Waals surface area contributed by atoms with Gasteiger partial charge in [-0.15, -0.1) is 0 Å². The zero-order valence-corrected chi connectivity index (χ0v) is 12.4. The summed E-state index contributed by atoms with van der Waals surface area (Å²) < 4.78 is 10.0. The number of carboxylic acids is 1. The molecule has 2 aliphatic carbocycles. The lowest BCUT2D eigenvalue weighted by Gasteiger charge is -2.18. The number of carbonyl (C=O) groups is 1. The van der Waals surface area contributed by atoms with Crippen molar-refractivity contribution in [1.29, 1.82) is 0 Å². The molecule has 0 amide bonds. The number of methoxy groups -OCH3 is 1. The predicted octanol–water partition coefficient (Wildman–Crippen LogP) is 1.97. The molecule has 0 saturated heterocycles. The normalized spacial score (nSPS) is 31.6. The van der Waals surface area contributed by atoms with Crippen molar-refractivity contribution >= 4 is 5.97 Å². The van der Waals surface area contributed by atoms with Gasteiger partial charge < -0.3 is 19.7 Å². The third-order valence-electron chi connectivity index (χ3n) is 4.38. The first-order valence-corrected chi connectivity index (χ1v) is 7.44. The van der Waals surface area contributed by atoms with Crippen molar-refractivity contribution in [1.82, 2.24) is 0 Å². The molecule has 1 fully saturated rings. The van der Waals surface area contributed by atoms with Crippen LogP contribution in [0.2, 0.25) is 0 Å². The van der Waals surface area contributed by atoms with E-state index < -0.39 is 5.97 Å². The molecular formula is C16H24O5. The predicted molar refractivity (Wildman–Crippen MR) is 77.6 cm³/mol. The highest BCUT2D eigenvalue weighted by Gasteiger charge is 2.43. The number of carboxylic acid groups (broad SMARTS) is 1. The number of aliphatic hydroxyl groups excluding tert-OH is 1. The van der Waals surface area contributed by atoms with Crippen LogP contribution in [0.1, 0.15) is 25.7 Å². The summed E-state index contributed by atoms with van der Waals surface area (Å²) in [5.74, 6) is 0.181. The molecule has 0 spiro atoms. The molecule has 5 heteroatoms. The number of ether oxygens (including phenoxy) is 2. The number of hydrogen-bond acceptors (Lipinski definition) is 4. The van der Waals surface area contributed by atoms with Crippen molar-refractivity contribution in [2.24, 2.45) is 17.8 Å². The average Bonchev–Trinajstić information content (AvgIpc) is 2.94. The fourth-order valence-corrected chi connectivity index (χ4v) is 3.47. The number of aliphatic carboxylic acids is 1. The number of allylic oxidation sites excluding steroid dienone is 2. The molecule has 0 aromatic carbocycles. The molecule has 0 aromatic rings. The van der Waals surface area contributed by atoms with Crippen LogP contribution >= 0.6 is 0 Å². The molecule has 2 rings (SSSR count). The van der Waals surface area contributed by atoms with Gasteiger partial charge in [0.05, 0.1) is 12.7 Å². The van der Waals surface area contributed by atoms with Gasteiger partial charge in [-0.05, 0) is 31.1 Å².